The highest BCUT2D eigenvalue weighted by molar-refractivity contribution is 5.82. The molecule has 342 valence electrons. The van der Waals surface area contributed by atoms with E-state index in [4.69, 9.17) is 18.9 Å². The summed E-state index contributed by atoms with van der Waals surface area (Å²) in [6, 6.07) is 9.37. The monoisotopic (exact) mass is 871 g/mol. The molecule has 2 aromatic rings. The molecule has 64 heavy (non-hydrogen) atoms. The van der Waals surface area contributed by atoms with Gasteiger partial charge in [-0.05, 0) is 138 Å². The Kier molecular flexibility index (Phi) is 8.11. The van der Waals surface area contributed by atoms with Gasteiger partial charge in [0.25, 0.3) is 0 Å². The SMILES string of the molecule is CO[C@]12C=C[C@@]3(C[C@@H]1C(C)=O)[C@H]1Cc4ccc(C)c5c4[C@@]3(CCN1CC1CC1)[C@H]2O5.CO[C@]12C=C[C@@]3(C[C@@H]1[C@](C)(O)C(C)(C)C)[C@H]1Cc4ccc(O)c5c4[C@@]3(CCN1CC1CC1)[C@H]2O5. The van der Waals surface area contributed by atoms with Crippen molar-refractivity contribution in [3.05, 3.63) is 76.4 Å². The van der Waals surface area contributed by atoms with E-state index in [9.17, 15) is 15.0 Å². The molecule has 2 N–H and O–H groups in total. The fraction of sp³-hybridized carbons (Fsp3) is 0.691. The normalized spacial score (nSPS) is 44.0. The van der Waals surface area contributed by atoms with Crippen LogP contribution in [0.4, 0.5) is 0 Å². The van der Waals surface area contributed by atoms with Gasteiger partial charge in [-0.25, -0.2) is 0 Å². The van der Waals surface area contributed by atoms with Gasteiger partial charge in [0, 0.05) is 67.3 Å². The molecular formula is C55H70N2O7. The molecular weight excluding hydrogens is 801 g/mol. The fourth-order valence-electron chi connectivity index (χ4n) is 17.3. The lowest BCUT2D eigenvalue weighted by Gasteiger charge is -2.73. The van der Waals surface area contributed by atoms with Gasteiger partial charge >= 0.3 is 0 Å². The molecule has 6 fully saturated rings. The molecule has 0 aromatic heterocycles. The highest BCUT2D eigenvalue weighted by atomic mass is 16.6. The van der Waals surface area contributed by atoms with Crippen molar-refractivity contribution in [2.75, 3.05) is 40.4 Å². The molecule has 4 aliphatic heterocycles. The van der Waals surface area contributed by atoms with E-state index < -0.39 is 16.8 Å². The second-order valence-electron chi connectivity index (χ2n) is 24.3. The van der Waals surface area contributed by atoms with Gasteiger partial charge in [-0.1, -0.05) is 63.3 Å². The first kappa shape index (κ1) is 41.0. The van der Waals surface area contributed by atoms with Gasteiger partial charge in [-0.3, -0.25) is 14.6 Å². The predicted molar refractivity (Wildman–Crippen MR) is 244 cm³/mol. The Morgan fingerprint density at radius 3 is 1.81 bits per heavy atom. The van der Waals surface area contributed by atoms with E-state index in [1.165, 1.54) is 66.6 Å². The Labute approximate surface area is 379 Å². The van der Waals surface area contributed by atoms with Crippen LogP contribution in [0, 0.1) is 46.8 Å². The quantitative estimate of drug-likeness (QED) is 0.258. The number of phenols is 1. The van der Waals surface area contributed by atoms with Crippen LogP contribution >= 0.6 is 0 Å². The summed E-state index contributed by atoms with van der Waals surface area (Å²) in [6.45, 7) is 16.9. The van der Waals surface area contributed by atoms with Crippen molar-refractivity contribution in [2.24, 2.45) is 39.9 Å². The molecule has 13 atom stereocenters. The maximum absolute atomic E-state index is 13.0. The number of rotatable bonds is 8. The van der Waals surface area contributed by atoms with E-state index in [0.29, 0.717) is 17.8 Å². The molecule has 8 bridgehead atoms. The number of carbonyl (C=O) groups excluding carboxylic acids is 1. The van der Waals surface area contributed by atoms with Gasteiger partial charge < -0.3 is 29.2 Å². The number of likely N-dealkylation sites (tertiary alicyclic amines) is 2. The van der Waals surface area contributed by atoms with Gasteiger partial charge in [0.1, 0.15) is 34.9 Å². The van der Waals surface area contributed by atoms with Crippen molar-refractivity contribution >= 4 is 5.78 Å². The Bertz CT molecular complexity index is 2450. The van der Waals surface area contributed by atoms with Crippen molar-refractivity contribution in [1.29, 1.82) is 0 Å². The first-order valence-electron chi connectivity index (χ1n) is 25.0. The molecule has 4 spiro atoms. The average Bonchev–Trinajstić information content (AvgIpc) is 4.20. The molecule has 16 rings (SSSR count). The zero-order chi connectivity index (χ0) is 44.4. The Morgan fingerprint density at radius 2 is 1.27 bits per heavy atom. The molecule has 0 amide bonds. The summed E-state index contributed by atoms with van der Waals surface area (Å²) >= 11 is 0. The molecule has 9 heteroatoms. The van der Waals surface area contributed by atoms with Gasteiger partial charge in [0.2, 0.25) is 0 Å². The van der Waals surface area contributed by atoms with Crippen LogP contribution in [-0.2, 0) is 37.9 Å². The van der Waals surface area contributed by atoms with Crippen LogP contribution in [0.2, 0.25) is 0 Å². The largest absolute Gasteiger partial charge is 0.504 e. The van der Waals surface area contributed by atoms with E-state index in [2.05, 4.69) is 80.0 Å². The summed E-state index contributed by atoms with van der Waals surface area (Å²) in [5.41, 5.74) is 3.56. The number of ether oxygens (including phenoxy) is 4. The number of fused-ring (bicyclic) bond motifs is 2. The summed E-state index contributed by atoms with van der Waals surface area (Å²) < 4.78 is 26.5. The van der Waals surface area contributed by atoms with E-state index in [1.807, 2.05) is 13.0 Å². The smallest absolute Gasteiger partial charge is 0.165 e. The summed E-state index contributed by atoms with van der Waals surface area (Å²) in [4.78, 5) is 18.5. The van der Waals surface area contributed by atoms with Crippen LogP contribution in [0.1, 0.15) is 114 Å². The van der Waals surface area contributed by atoms with Gasteiger partial charge in [0.15, 0.2) is 11.5 Å². The third-order valence-electron chi connectivity index (χ3n) is 21.1. The first-order valence-corrected chi connectivity index (χ1v) is 25.0. The topological polar surface area (TPSA) is 101 Å². The third kappa shape index (κ3) is 4.55. The fourth-order valence-corrected chi connectivity index (χ4v) is 17.3. The lowest BCUT2D eigenvalue weighted by Crippen LogP contribution is -2.81. The van der Waals surface area contributed by atoms with Crippen LogP contribution in [0.5, 0.6) is 17.2 Å². The van der Waals surface area contributed by atoms with Gasteiger partial charge in [0.05, 0.1) is 22.3 Å². The summed E-state index contributed by atoms with van der Waals surface area (Å²) in [5, 5.41) is 23.1. The predicted octanol–water partition coefficient (Wildman–Crippen LogP) is 7.77. The minimum atomic E-state index is -0.960. The lowest BCUT2D eigenvalue weighted by atomic mass is 9.35. The van der Waals surface area contributed by atoms with Crippen LogP contribution < -0.4 is 9.47 Å². The summed E-state index contributed by atoms with van der Waals surface area (Å²) in [5.74, 6) is 3.69. The molecule has 4 heterocycles. The number of phenolic OH excluding ortho intramolecular Hbond substituents is 1. The zero-order valence-corrected chi connectivity index (χ0v) is 39.5. The molecule has 0 unspecified atom stereocenters. The number of aryl methyl sites for hydroxylation is 1. The molecule has 14 aliphatic rings. The Hall–Kier alpha value is -3.21. The number of aromatic hydroxyl groups is 1. The number of ketones is 1. The highest BCUT2D eigenvalue weighted by Crippen LogP contribution is 2.77. The van der Waals surface area contributed by atoms with E-state index in [1.54, 1.807) is 21.1 Å². The van der Waals surface area contributed by atoms with Crippen molar-refractivity contribution in [3.8, 4) is 17.2 Å². The van der Waals surface area contributed by atoms with E-state index in [-0.39, 0.29) is 62.7 Å². The molecule has 0 radical (unpaired) electrons. The number of aliphatic hydroxyl groups is 1. The maximum atomic E-state index is 13.0. The Balaban J connectivity index is 0.000000130. The average molecular weight is 871 g/mol. The minimum Gasteiger partial charge on any atom is -0.504 e. The van der Waals surface area contributed by atoms with Crippen LogP contribution in [0.25, 0.3) is 0 Å². The number of methoxy groups -OCH3 is 2. The molecule has 10 aliphatic carbocycles. The van der Waals surface area contributed by atoms with Crippen LogP contribution in [-0.4, -0.2) is 107 Å². The number of nitrogens with zero attached hydrogens (tertiary/aromatic N) is 2. The minimum absolute atomic E-state index is 0.0343. The van der Waals surface area contributed by atoms with Crippen LogP contribution in [0.15, 0.2) is 48.6 Å². The van der Waals surface area contributed by atoms with E-state index in [0.717, 1.165) is 69.2 Å². The molecule has 9 nitrogen and oxygen atoms in total. The number of Topliss-reactive ketones (excluding diaryl/α,β-unsaturated/α-hetero) is 1. The summed E-state index contributed by atoms with van der Waals surface area (Å²) in [6.07, 6.45) is 20.5. The van der Waals surface area contributed by atoms with Crippen LogP contribution in [0.3, 0.4) is 0 Å². The maximum Gasteiger partial charge on any atom is 0.165 e. The highest BCUT2D eigenvalue weighted by Gasteiger charge is 2.82. The lowest BCUT2D eigenvalue weighted by molar-refractivity contribution is -0.263. The van der Waals surface area contributed by atoms with Gasteiger partial charge in [-0.15, -0.1) is 0 Å². The number of piperidine rings is 2. The standard InChI is InChI=1S/C29H39NO4.C26H31NO3/c1-25(2,3)26(4,32)20-15-27-10-11-29(20,33-5)24-28(27)12-13-30(16-17-6-7-17)21(27)14-18-8-9-19(31)23(34-24)22(18)28;1-15-4-7-18-12-20-24-8-9-26(29-3,19(13-24)16(2)28)23-25(24,21(18)22(15)30-23)10-11-27(20)14-17-5-6-17/h8-11,17,20-21,24,31-32H,6-7,12-16H2,1-5H3;4,7-9,17,19-20,23H,5-6,10-14H2,1-3H3/t20-,21-,24-,26+,27-,28+,29-;19-,20-,23-,24-,25+,26-/m11/s1. The number of hydrogen-bond acceptors (Lipinski definition) is 9. The number of carbonyl (C=O) groups is 1. The molecule has 2 saturated heterocycles. The zero-order valence-electron chi connectivity index (χ0n) is 39.5. The second-order valence-corrected chi connectivity index (χ2v) is 24.3. The number of hydrogen-bond donors (Lipinski definition) is 2. The summed E-state index contributed by atoms with van der Waals surface area (Å²) in [7, 11) is 3.55. The van der Waals surface area contributed by atoms with Crippen molar-refractivity contribution in [2.45, 2.75) is 158 Å². The number of benzene rings is 2. The van der Waals surface area contributed by atoms with Crippen molar-refractivity contribution in [3.63, 3.8) is 0 Å². The Morgan fingerprint density at radius 1 is 0.750 bits per heavy atom. The molecule has 4 saturated carbocycles. The van der Waals surface area contributed by atoms with Crippen molar-refractivity contribution < 1.29 is 34.0 Å². The van der Waals surface area contributed by atoms with Crippen molar-refractivity contribution in [1.82, 2.24) is 9.80 Å². The third-order valence-corrected chi connectivity index (χ3v) is 21.1. The van der Waals surface area contributed by atoms with E-state index >= 15 is 0 Å². The van der Waals surface area contributed by atoms with Gasteiger partial charge in [-0.2, -0.15) is 0 Å². The second kappa shape index (κ2) is 12.7. The molecule has 2 aromatic carbocycles. The first-order chi connectivity index (χ1) is 30.5.